The maximum Gasteiger partial charge on any atom is 0.335 e. The van der Waals surface area contributed by atoms with Crippen molar-refractivity contribution in [1.29, 1.82) is 0 Å². The summed E-state index contributed by atoms with van der Waals surface area (Å²) in [7, 11) is 0. The standard InChI is InChI=1S/C11H11NO4/c1-3-5-11(13)16-10-7-4-6-9(8(10)2)12(14)15/h3-7H,1-2H3. The van der Waals surface area contributed by atoms with Gasteiger partial charge in [0, 0.05) is 12.1 Å². The van der Waals surface area contributed by atoms with Crippen molar-refractivity contribution in [1.82, 2.24) is 0 Å². The Morgan fingerprint density at radius 3 is 2.75 bits per heavy atom. The Morgan fingerprint density at radius 1 is 1.50 bits per heavy atom. The smallest absolute Gasteiger partial charge is 0.335 e. The summed E-state index contributed by atoms with van der Waals surface area (Å²) in [6.07, 6.45) is 2.79. The van der Waals surface area contributed by atoms with Crippen LogP contribution in [0.3, 0.4) is 0 Å². The predicted octanol–water partition coefficient (Wildman–Crippen LogP) is 2.38. The van der Waals surface area contributed by atoms with E-state index in [0.717, 1.165) is 0 Å². The van der Waals surface area contributed by atoms with Crippen LogP contribution >= 0.6 is 0 Å². The Morgan fingerprint density at radius 2 is 2.19 bits per heavy atom. The summed E-state index contributed by atoms with van der Waals surface area (Å²) in [5.41, 5.74) is 0.274. The van der Waals surface area contributed by atoms with Gasteiger partial charge in [0.2, 0.25) is 0 Å². The average Bonchev–Trinajstić information content (AvgIpc) is 2.21. The molecule has 0 bridgehead atoms. The van der Waals surface area contributed by atoms with E-state index in [2.05, 4.69) is 0 Å². The van der Waals surface area contributed by atoms with Gasteiger partial charge in [-0.1, -0.05) is 12.1 Å². The fourth-order valence-electron chi connectivity index (χ4n) is 1.19. The first-order valence-electron chi connectivity index (χ1n) is 4.64. The molecule has 0 atom stereocenters. The molecule has 0 aliphatic carbocycles. The van der Waals surface area contributed by atoms with Gasteiger partial charge in [-0.05, 0) is 19.9 Å². The number of carbonyl (C=O) groups excluding carboxylic acids is 1. The van der Waals surface area contributed by atoms with E-state index in [-0.39, 0.29) is 11.4 Å². The average molecular weight is 221 g/mol. The lowest BCUT2D eigenvalue weighted by molar-refractivity contribution is -0.385. The van der Waals surface area contributed by atoms with E-state index in [1.807, 2.05) is 0 Å². The largest absolute Gasteiger partial charge is 0.423 e. The highest BCUT2D eigenvalue weighted by molar-refractivity contribution is 5.84. The lowest BCUT2D eigenvalue weighted by atomic mass is 10.2. The first-order chi connectivity index (χ1) is 7.56. The third-order valence-corrected chi connectivity index (χ3v) is 1.97. The molecule has 0 fully saturated rings. The molecule has 0 aliphatic heterocycles. The second kappa shape index (κ2) is 5.06. The number of ether oxygens (including phenoxy) is 1. The van der Waals surface area contributed by atoms with Gasteiger partial charge in [-0.3, -0.25) is 10.1 Å². The SMILES string of the molecule is CC=CC(=O)Oc1cccc([N+](=O)[O-])c1C. The Kier molecular flexibility index (Phi) is 3.77. The van der Waals surface area contributed by atoms with Gasteiger partial charge in [-0.25, -0.2) is 4.79 Å². The number of benzene rings is 1. The fraction of sp³-hybridized carbons (Fsp3) is 0.182. The van der Waals surface area contributed by atoms with E-state index in [1.165, 1.54) is 37.3 Å². The molecule has 0 saturated heterocycles. The minimum atomic E-state index is -0.550. The molecule has 0 unspecified atom stereocenters. The van der Waals surface area contributed by atoms with E-state index in [1.54, 1.807) is 6.92 Å². The number of allylic oxidation sites excluding steroid dienone is 1. The number of hydrogen-bond acceptors (Lipinski definition) is 4. The first-order valence-corrected chi connectivity index (χ1v) is 4.64. The van der Waals surface area contributed by atoms with E-state index in [0.29, 0.717) is 5.56 Å². The molecule has 1 aromatic rings. The van der Waals surface area contributed by atoms with Crippen molar-refractivity contribution in [2.45, 2.75) is 13.8 Å². The highest BCUT2D eigenvalue weighted by Gasteiger charge is 2.15. The third kappa shape index (κ3) is 2.66. The number of nitrogens with zero attached hydrogens (tertiary/aromatic N) is 1. The molecular formula is C11H11NO4. The molecule has 0 aliphatic rings. The zero-order chi connectivity index (χ0) is 12.1. The summed E-state index contributed by atoms with van der Waals surface area (Å²) in [5, 5.41) is 10.6. The van der Waals surface area contributed by atoms with Crippen molar-refractivity contribution in [2.75, 3.05) is 0 Å². The van der Waals surface area contributed by atoms with Crippen LogP contribution in [0.2, 0.25) is 0 Å². The monoisotopic (exact) mass is 221 g/mol. The van der Waals surface area contributed by atoms with Gasteiger partial charge in [0.15, 0.2) is 0 Å². The number of rotatable bonds is 3. The Hall–Kier alpha value is -2.17. The minimum absolute atomic E-state index is 0.0641. The van der Waals surface area contributed by atoms with Crippen LogP contribution in [0.15, 0.2) is 30.4 Å². The van der Waals surface area contributed by atoms with Crippen LogP contribution in [0.5, 0.6) is 5.75 Å². The highest BCUT2D eigenvalue weighted by Crippen LogP contribution is 2.26. The fourth-order valence-corrected chi connectivity index (χ4v) is 1.19. The molecule has 1 aromatic carbocycles. The van der Waals surface area contributed by atoms with Gasteiger partial charge < -0.3 is 4.74 Å². The van der Waals surface area contributed by atoms with E-state index in [9.17, 15) is 14.9 Å². The minimum Gasteiger partial charge on any atom is -0.423 e. The molecule has 0 spiro atoms. The van der Waals surface area contributed by atoms with Crippen LogP contribution in [-0.2, 0) is 4.79 Å². The van der Waals surface area contributed by atoms with E-state index < -0.39 is 10.9 Å². The summed E-state index contributed by atoms with van der Waals surface area (Å²) < 4.78 is 4.95. The Balaban J connectivity index is 3.02. The van der Waals surface area contributed by atoms with Gasteiger partial charge in [0.25, 0.3) is 5.69 Å². The lowest BCUT2D eigenvalue weighted by Gasteiger charge is -2.05. The molecule has 0 heterocycles. The summed E-state index contributed by atoms with van der Waals surface area (Å²) >= 11 is 0. The Bertz CT molecular complexity index is 451. The lowest BCUT2D eigenvalue weighted by Crippen LogP contribution is -2.05. The van der Waals surface area contributed by atoms with Crippen molar-refractivity contribution in [2.24, 2.45) is 0 Å². The molecule has 84 valence electrons. The van der Waals surface area contributed by atoms with Gasteiger partial charge in [-0.2, -0.15) is 0 Å². The number of hydrogen-bond donors (Lipinski definition) is 0. The number of nitro benzene ring substituents is 1. The summed E-state index contributed by atoms with van der Waals surface area (Å²) in [6.45, 7) is 3.22. The van der Waals surface area contributed by atoms with Gasteiger partial charge >= 0.3 is 5.97 Å². The van der Waals surface area contributed by atoms with Gasteiger partial charge in [-0.15, -0.1) is 0 Å². The van der Waals surface area contributed by atoms with Crippen molar-refractivity contribution < 1.29 is 14.5 Å². The van der Waals surface area contributed by atoms with Gasteiger partial charge in [0.1, 0.15) is 5.75 Å². The maximum absolute atomic E-state index is 11.2. The number of nitro groups is 1. The number of carbonyl (C=O) groups is 1. The van der Waals surface area contributed by atoms with Crippen molar-refractivity contribution in [3.63, 3.8) is 0 Å². The third-order valence-electron chi connectivity index (χ3n) is 1.97. The van der Waals surface area contributed by atoms with Crippen molar-refractivity contribution >= 4 is 11.7 Å². The van der Waals surface area contributed by atoms with Crippen molar-refractivity contribution in [3.8, 4) is 5.75 Å². The quantitative estimate of drug-likeness (QED) is 0.258. The molecule has 0 amide bonds. The summed E-state index contributed by atoms with van der Waals surface area (Å²) in [5.74, 6) is -0.344. The molecule has 0 aromatic heterocycles. The van der Waals surface area contributed by atoms with Crippen LogP contribution < -0.4 is 4.74 Å². The highest BCUT2D eigenvalue weighted by atomic mass is 16.6. The van der Waals surface area contributed by atoms with Crippen LogP contribution in [0.25, 0.3) is 0 Å². The molecule has 0 saturated carbocycles. The summed E-state index contributed by atoms with van der Waals surface area (Å²) in [4.78, 5) is 21.3. The van der Waals surface area contributed by atoms with E-state index in [4.69, 9.17) is 4.74 Å². The van der Waals surface area contributed by atoms with Crippen LogP contribution in [0, 0.1) is 17.0 Å². The summed E-state index contributed by atoms with van der Waals surface area (Å²) in [6, 6.07) is 4.36. The second-order valence-corrected chi connectivity index (χ2v) is 3.08. The predicted molar refractivity (Wildman–Crippen MR) is 58.3 cm³/mol. The molecule has 0 radical (unpaired) electrons. The van der Waals surface area contributed by atoms with Crippen LogP contribution in [0.1, 0.15) is 12.5 Å². The Labute approximate surface area is 92.5 Å². The topological polar surface area (TPSA) is 69.4 Å². The van der Waals surface area contributed by atoms with Gasteiger partial charge in [0.05, 0.1) is 10.5 Å². The zero-order valence-electron chi connectivity index (χ0n) is 8.97. The second-order valence-electron chi connectivity index (χ2n) is 3.08. The zero-order valence-corrected chi connectivity index (χ0v) is 8.97. The number of esters is 1. The van der Waals surface area contributed by atoms with Crippen molar-refractivity contribution in [3.05, 3.63) is 46.0 Å². The molecule has 1 rings (SSSR count). The maximum atomic E-state index is 11.2. The molecule has 5 nitrogen and oxygen atoms in total. The normalized spacial score (nSPS) is 10.4. The molecule has 16 heavy (non-hydrogen) atoms. The molecule has 5 heteroatoms. The van der Waals surface area contributed by atoms with Crippen LogP contribution in [0.4, 0.5) is 5.69 Å². The van der Waals surface area contributed by atoms with Crippen LogP contribution in [-0.4, -0.2) is 10.9 Å². The van der Waals surface area contributed by atoms with E-state index >= 15 is 0 Å². The molecule has 0 N–H and O–H groups in total. The molecular weight excluding hydrogens is 210 g/mol. The first kappa shape index (κ1) is 11.9.